The van der Waals surface area contributed by atoms with E-state index in [9.17, 15) is 0 Å². The van der Waals surface area contributed by atoms with Crippen molar-refractivity contribution in [1.29, 1.82) is 0 Å². The number of ether oxygens (including phenoxy) is 1. The first kappa shape index (κ1) is 15.1. The van der Waals surface area contributed by atoms with Gasteiger partial charge in [-0.25, -0.2) is 0 Å². The number of nitrogens with one attached hydrogen (secondary N) is 1. The molecule has 3 nitrogen and oxygen atoms in total. The molecule has 21 heavy (non-hydrogen) atoms. The quantitative estimate of drug-likeness (QED) is 0.787. The first-order valence-corrected chi connectivity index (χ1v) is 8.64. The van der Waals surface area contributed by atoms with Gasteiger partial charge >= 0.3 is 0 Å². The Labute approximate surface area is 140 Å². The van der Waals surface area contributed by atoms with Crippen molar-refractivity contribution in [2.24, 2.45) is 0 Å². The number of thiocarbonyl (C=S) groups is 1. The van der Waals surface area contributed by atoms with Crippen molar-refractivity contribution < 1.29 is 4.74 Å². The molecular weight excluding hydrogens is 348 g/mol. The van der Waals surface area contributed by atoms with Crippen LogP contribution in [0.3, 0.4) is 0 Å². The Balaban J connectivity index is 2.09. The summed E-state index contributed by atoms with van der Waals surface area (Å²) in [7, 11) is 0. The monoisotopic (exact) mass is 368 g/mol. The number of rotatable bonds is 2. The second-order valence-corrected chi connectivity index (χ2v) is 7.55. The summed E-state index contributed by atoms with van der Waals surface area (Å²) in [5.41, 5.74) is 1.99. The van der Waals surface area contributed by atoms with E-state index in [4.69, 9.17) is 17.0 Å². The molecule has 0 saturated carbocycles. The molecule has 0 spiro atoms. The van der Waals surface area contributed by atoms with E-state index in [1.807, 2.05) is 0 Å². The van der Waals surface area contributed by atoms with Crippen molar-refractivity contribution in [2.75, 3.05) is 0 Å². The summed E-state index contributed by atoms with van der Waals surface area (Å²) in [6.07, 6.45) is 1.94. The smallest absolute Gasteiger partial charge is 0.184 e. The van der Waals surface area contributed by atoms with Gasteiger partial charge < -0.3 is 15.0 Å². The molecular formula is C16H21BrN2OS. The standard InChI is InChI=1S/C16H21BrN2OS/c1-5-10(3)19-15(21)18-13-8-16(19,4)20-14-9(2)6-11(17)7-12(13)14/h6-7,10,13H,5,8H2,1-4H3,(H,18,21). The maximum Gasteiger partial charge on any atom is 0.184 e. The van der Waals surface area contributed by atoms with Crippen LogP contribution >= 0.6 is 28.1 Å². The fraction of sp³-hybridized carbons (Fsp3) is 0.562. The zero-order chi connectivity index (χ0) is 15.4. The van der Waals surface area contributed by atoms with Crippen LogP contribution in [0.4, 0.5) is 0 Å². The summed E-state index contributed by atoms with van der Waals surface area (Å²) < 4.78 is 7.55. The lowest BCUT2D eigenvalue weighted by molar-refractivity contribution is -0.0844. The maximum atomic E-state index is 6.46. The molecule has 0 aliphatic carbocycles. The molecule has 2 bridgehead atoms. The summed E-state index contributed by atoms with van der Waals surface area (Å²) in [6, 6.07) is 4.83. The number of hydrogen-bond acceptors (Lipinski definition) is 2. The topological polar surface area (TPSA) is 24.5 Å². The van der Waals surface area contributed by atoms with Crippen LogP contribution in [0.5, 0.6) is 5.75 Å². The Morgan fingerprint density at radius 1 is 1.57 bits per heavy atom. The van der Waals surface area contributed by atoms with Gasteiger partial charge in [0, 0.05) is 22.5 Å². The molecule has 3 atom stereocenters. The molecule has 0 aromatic heterocycles. The minimum atomic E-state index is -0.367. The summed E-state index contributed by atoms with van der Waals surface area (Å²) in [4.78, 5) is 2.23. The number of halogens is 1. The molecule has 1 N–H and O–H groups in total. The van der Waals surface area contributed by atoms with Crippen LogP contribution in [0.15, 0.2) is 16.6 Å². The third-order valence-corrected chi connectivity index (χ3v) is 5.38. The minimum Gasteiger partial charge on any atom is -0.467 e. The minimum absolute atomic E-state index is 0.225. The number of hydrogen-bond donors (Lipinski definition) is 1. The first-order valence-electron chi connectivity index (χ1n) is 7.44. The van der Waals surface area contributed by atoms with Gasteiger partial charge in [-0.15, -0.1) is 0 Å². The van der Waals surface area contributed by atoms with Gasteiger partial charge in [0.15, 0.2) is 10.8 Å². The van der Waals surface area contributed by atoms with Crippen molar-refractivity contribution in [3.63, 3.8) is 0 Å². The van der Waals surface area contributed by atoms with Crippen LogP contribution < -0.4 is 10.1 Å². The highest BCUT2D eigenvalue weighted by Gasteiger charge is 2.49. The molecule has 3 rings (SSSR count). The molecule has 0 radical (unpaired) electrons. The Morgan fingerprint density at radius 2 is 2.29 bits per heavy atom. The van der Waals surface area contributed by atoms with Gasteiger partial charge in [-0.05, 0) is 57.1 Å². The molecule has 5 heteroatoms. The molecule has 1 saturated heterocycles. The highest BCUT2D eigenvalue weighted by molar-refractivity contribution is 9.10. The second kappa shape index (κ2) is 5.13. The van der Waals surface area contributed by atoms with E-state index in [0.717, 1.165) is 33.7 Å². The largest absolute Gasteiger partial charge is 0.467 e. The van der Waals surface area contributed by atoms with E-state index >= 15 is 0 Å². The Kier molecular flexibility index (Phi) is 3.69. The molecule has 2 heterocycles. The van der Waals surface area contributed by atoms with Gasteiger partial charge in [-0.2, -0.15) is 0 Å². The van der Waals surface area contributed by atoms with Crippen molar-refractivity contribution in [3.05, 3.63) is 27.7 Å². The highest BCUT2D eigenvalue weighted by atomic mass is 79.9. The third-order valence-electron chi connectivity index (χ3n) is 4.61. The lowest BCUT2D eigenvalue weighted by Crippen LogP contribution is -2.66. The van der Waals surface area contributed by atoms with Gasteiger partial charge in [0.05, 0.1) is 6.04 Å². The summed E-state index contributed by atoms with van der Waals surface area (Å²) in [6.45, 7) is 8.64. The number of nitrogens with zero attached hydrogens (tertiary/aromatic N) is 1. The van der Waals surface area contributed by atoms with Gasteiger partial charge in [0.25, 0.3) is 0 Å². The molecule has 0 amide bonds. The lowest BCUT2D eigenvalue weighted by Gasteiger charge is -2.54. The SMILES string of the molecule is CCC(C)N1C(=S)NC2CC1(C)Oc1c(C)cc(Br)cc12. The van der Waals surface area contributed by atoms with Gasteiger partial charge in [-0.3, -0.25) is 0 Å². The maximum absolute atomic E-state index is 6.46. The first-order chi connectivity index (χ1) is 9.85. The van der Waals surface area contributed by atoms with E-state index in [1.165, 1.54) is 5.56 Å². The van der Waals surface area contributed by atoms with E-state index in [2.05, 4.69) is 66.0 Å². The molecule has 3 unspecified atom stereocenters. The zero-order valence-corrected chi connectivity index (χ0v) is 15.3. The van der Waals surface area contributed by atoms with Crippen LogP contribution in [-0.2, 0) is 0 Å². The fourth-order valence-corrected chi connectivity index (χ4v) is 4.57. The number of benzene rings is 1. The van der Waals surface area contributed by atoms with Crippen LogP contribution in [0.1, 0.15) is 50.8 Å². The third kappa shape index (κ3) is 2.34. The van der Waals surface area contributed by atoms with E-state index in [1.54, 1.807) is 0 Å². The summed E-state index contributed by atoms with van der Waals surface area (Å²) >= 11 is 9.19. The van der Waals surface area contributed by atoms with Gasteiger partial charge in [0.2, 0.25) is 0 Å². The van der Waals surface area contributed by atoms with Crippen LogP contribution in [0.25, 0.3) is 0 Å². The summed E-state index contributed by atoms with van der Waals surface area (Å²) in [5.74, 6) is 1.00. The number of fused-ring (bicyclic) bond motifs is 4. The number of aryl methyl sites for hydroxylation is 1. The van der Waals surface area contributed by atoms with Crippen molar-refractivity contribution in [3.8, 4) is 5.75 Å². The van der Waals surface area contributed by atoms with Crippen LogP contribution in [0, 0.1) is 6.92 Å². The molecule has 1 fully saturated rings. The van der Waals surface area contributed by atoms with Crippen LogP contribution in [0.2, 0.25) is 0 Å². The van der Waals surface area contributed by atoms with Crippen LogP contribution in [-0.4, -0.2) is 21.8 Å². The molecule has 2 aliphatic heterocycles. The molecule has 1 aromatic carbocycles. The second-order valence-electron chi connectivity index (χ2n) is 6.25. The van der Waals surface area contributed by atoms with Crippen molar-refractivity contribution in [1.82, 2.24) is 10.2 Å². The van der Waals surface area contributed by atoms with Gasteiger partial charge in [0.1, 0.15) is 5.75 Å². The Bertz CT molecular complexity index is 606. The highest BCUT2D eigenvalue weighted by Crippen LogP contribution is 2.47. The zero-order valence-electron chi connectivity index (χ0n) is 12.9. The molecule has 2 aliphatic rings. The normalized spacial score (nSPS) is 28.5. The lowest BCUT2D eigenvalue weighted by atomic mass is 9.88. The van der Waals surface area contributed by atoms with E-state index < -0.39 is 0 Å². The predicted molar refractivity (Wildman–Crippen MR) is 92.6 cm³/mol. The predicted octanol–water partition coefficient (Wildman–Crippen LogP) is 4.29. The fourth-order valence-electron chi connectivity index (χ4n) is 3.46. The van der Waals surface area contributed by atoms with Crippen molar-refractivity contribution in [2.45, 2.75) is 58.3 Å². The Morgan fingerprint density at radius 3 is 2.95 bits per heavy atom. The molecule has 114 valence electrons. The average Bonchev–Trinajstić information content (AvgIpc) is 2.39. The molecule has 1 aromatic rings. The van der Waals surface area contributed by atoms with Crippen molar-refractivity contribution >= 4 is 33.3 Å². The van der Waals surface area contributed by atoms with E-state index in [0.29, 0.717) is 6.04 Å². The summed E-state index contributed by atoms with van der Waals surface area (Å²) in [5, 5.41) is 4.30. The van der Waals surface area contributed by atoms with E-state index in [-0.39, 0.29) is 11.8 Å². The Hall–Kier alpha value is -0.810. The van der Waals surface area contributed by atoms with Gasteiger partial charge in [-0.1, -0.05) is 22.9 Å². The average molecular weight is 369 g/mol.